The number of fused-ring (bicyclic) bond motifs is 1. The maximum Gasteiger partial charge on any atom is 0.259 e. The van der Waals surface area contributed by atoms with Gasteiger partial charge in [-0.1, -0.05) is 19.1 Å². The third-order valence-corrected chi connectivity index (χ3v) is 5.63. The number of hydrogen-bond donors (Lipinski definition) is 1. The van der Waals surface area contributed by atoms with Crippen LogP contribution in [0.5, 0.6) is 5.75 Å². The van der Waals surface area contributed by atoms with Crippen LogP contribution in [0.1, 0.15) is 18.2 Å². The molecule has 0 atom stereocenters. The van der Waals surface area contributed by atoms with Crippen LogP contribution in [0.3, 0.4) is 0 Å². The molecule has 0 unspecified atom stereocenters. The Balaban J connectivity index is 1.74. The number of hydrogen-bond acceptors (Lipinski definition) is 5. The number of nitrogens with one attached hydrogen (secondary N) is 1. The minimum absolute atomic E-state index is 0.226. The molecular formula is C24H25FN4O3. The van der Waals surface area contributed by atoms with Crippen LogP contribution in [0.2, 0.25) is 0 Å². The Morgan fingerprint density at radius 2 is 1.94 bits per heavy atom. The molecule has 1 N–H and O–H groups in total. The van der Waals surface area contributed by atoms with Gasteiger partial charge in [0.1, 0.15) is 23.9 Å². The summed E-state index contributed by atoms with van der Waals surface area (Å²) in [6, 6.07) is 12.8. The van der Waals surface area contributed by atoms with Gasteiger partial charge in [-0.2, -0.15) is 0 Å². The summed E-state index contributed by atoms with van der Waals surface area (Å²) in [7, 11) is 1.52. The molecule has 8 heteroatoms. The average molecular weight is 436 g/mol. The largest absolute Gasteiger partial charge is 0.495 e. The van der Waals surface area contributed by atoms with E-state index in [2.05, 4.69) is 10.2 Å². The molecule has 0 spiro atoms. The Bertz CT molecular complexity index is 1190. The van der Waals surface area contributed by atoms with E-state index < -0.39 is 0 Å². The number of benzene rings is 2. The number of nitrogens with zero attached hydrogens (tertiary/aromatic N) is 3. The van der Waals surface area contributed by atoms with Gasteiger partial charge in [-0.25, -0.2) is 9.37 Å². The number of anilines is 1. The quantitative estimate of drug-likeness (QED) is 0.643. The van der Waals surface area contributed by atoms with Gasteiger partial charge in [-0.15, -0.1) is 0 Å². The second kappa shape index (κ2) is 9.32. The number of carbonyl (C=O) groups is 1. The first-order chi connectivity index (χ1) is 15.5. The summed E-state index contributed by atoms with van der Waals surface area (Å²) in [6.45, 7) is 3.96. The van der Waals surface area contributed by atoms with Gasteiger partial charge < -0.3 is 10.1 Å². The molecule has 0 saturated heterocycles. The number of para-hydroxylation sites is 2. The van der Waals surface area contributed by atoms with E-state index in [1.54, 1.807) is 36.4 Å². The number of amides is 1. The molecule has 1 amide bonds. The first-order valence-electron chi connectivity index (χ1n) is 10.5. The van der Waals surface area contributed by atoms with E-state index in [-0.39, 0.29) is 23.8 Å². The molecule has 2 aromatic carbocycles. The Kier molecular flexibility index (Phi) is 6.32. The molecule has 1 aliphatic heterocycles. The van der Waals surface area contributed by atoms with Crippen LogP contribution in [-0.4, -0.2) is 40.6 Å². The van der Waals surface area contributed by atoms with Gasteiger partial charge in [0.15, 0.2) is 0 Å². The summed E-state index contributed by atoms with van der Waals surface area (Å²) < 4.78 is 20.1. The fourth-order valence-electron chi connectivity index (χ4n) is 3.89. The minimum atomic E-state index is -0.384. The van der Waals surface area contributed by atoms with Crippen LogP contribution in [0.4, 0.5) is 10.1 Å². The number of aromatic nitrogens is 2. The molecule has 1 aliphatic rings. The number of halogens is 1. The Hall–Kier alpha value is -3.52. The molecule has 32 heavy (non-hydrogen) atoms. The second-order valence-corrected chi connectivity index (χ2v) is 7.63. The lowest BCUT2D eigenvalue weighted by atomic mass is 10.1. The highest BCUT2D eigenvalue weighted by Gasteiger charge is 2.24. The fourth-order valence-corrected chi connectivity index (χ4v) is 3.89. The molecule has 0 saturated carbocycles. The highest BCUT2D eigenvalue weighted by Crippen LogP contribution is 2.24. The highest BCUT2D eigenvalue weighted by atomic mass is 19.1. The number of ether oxygens (including phenoxy) is 1. The third-order valence-electron chi connectivity index (χ3n) is 5.63. The van der Waals surface area contributed by atoms with Crippen molar-refractivity contribution in [1.82, 2.24) is 14.5 Å². The lowest BCUT2D eigenvalue weighted by Crippen LogP contribution is -2.39. The predicted molar refractivity (Wildman–Crippen MR) is 120 cm³/mol. The molecule has 166 valence electrons. The summed E-state index contributed by atoms with van der Waals surface area (Å²) in [6.07, 6.45) is 0.654. The normalized spacial score (nSPS) is 13.5. The standard InChI is InChI=1S/C24H25FN4O3/c1-3-28-13-12-19-18(14-28)24(31)29(23(27-19)16-8-10-17(25)11-9-16)15-22(30)26-20-6-4-5-7-21(20)32-2/h4-11H,3,12-15H2,1-2H3,(H,26,30). The molecule has 0 fully saturated rings. The fraction of sp³-hybridized carbons (Fsp3) is 0.292. The maximum atomic E-state index is 13.5. The zero-order valence-corrected chi connectivity index (χ0v) is 18.1. The van der Waals surface area contributed by atoms with Crippen LogP contribution in [0.25, 0.3) is 11.4 Å². The number of rotatable bonds is 6. The van der Waals surface area contributed by atoms with Crippen LogP contribution < -0.4 is 15.6 Å². The summed E-state index contributed by atoms with van der Waals surface area (Å²) in [5.41, 5.74) is 2.19. The van der Waals surface area contributed by atoms with Crippen LogP contribution in [-0.2, 0) is 24.3 Å². The van der Waals surface area contributed by atoms with Crippen molar-refractivity contribution in [3.05, 3.63) is 76.0 Å². The molecule has 4 rings (SSSR count). The number of likely N-dealkylation sites (N-methyl/N-ethyl adjacent to an activating group) is 1. The highest BCUT2D eigenvalue weighted by molar-refractivity contribution is 5.92. The van der Waals surface area contributed by atoms with E-state index in [0.29, 0.717) is 41.4 Å². The van der Waals surface area contributed by atoms with Crippen molar-refractivity contribution >= 4 is 11.6 Å². The summed E-state index contributed by atoms with van der Waals surface area (Å²) in [5, 5.41) is 2.80. The first-order valence-corrected chi connectivity index (χ1v) is 10.5. The lowest BCUT2D eigenvalue weighted by Gasteiger charge is -2.27. The molecule has 3 aromatic rings. The van der Waals surface area contributed by atoms with Gasteiger partial charge >= 0.3 is 0 Å². The molecule has 7 nitrogen and oxygen atoms in total. The van der Waals surface area contributed by atoms with E-state index in [0.717, 1.165) is 18.8 Å². The van der Waals surface area contributed by atoms with Crippen LogP contribution >= 0.6 is 0 Å². The molecular weight excluding hydrogens is 411 g/mol. The van der Waals surface area contributed by atoms with Gasteiger partial charge in [-0.3, -0.25) is 19.1 Å². The first kappa shape index (κ1) is 21.7. The SMILES string of the molecule is CCN1CCc2nc(-c3ccc(F)cc3)n(CC(=O)Nc3ccccc3OC)c(=O)c2C1. The van der Waals surface area contributed by atoms with Crippen LogP contribution in [0.15, 0.2) is 53.3 Å². The zero-order chi connectivity index (χ0) is 22.7. The monoisotopic (exact) mass is 436 g/mol. The van der Waals surface area contributed by atoms with E-state index in [4.69, 9.17) is 9.72 Å². The van der Waals surface area contributed by atoms with Crippen molar-refractivity contribution in [3.63, 3.8) is 0 Å². The van der Waals surface area contributed by atoms with Gasteiger partial charge in [0.05, 0.1) is 24.1 Å². The maximum absolute atomic E-state index is 13.5. The number of carbonyl (C=O) groups excluding carboxylic acids is 1. The second-order valence-electron chi connectivity index (χ2n) is 7.63. The molecule has 0 aliphatic carbocycles. The summed E-state index contributed by atoms with van der Waals surface area (Å²) in [4.78, 5) is 33.3. The van der Waals surface area contributed by atoms with E-state index >= 15 is 0 Å². The Labute approximate surface area is 185 Å². The van der Waals surface area contributed by atoms with Crippen molar-refractivity contribution < 1.29 is 13.9 Å². The average Bonchev–Trinajstić information content (AvgIpc) is 2.81. The van der Waals surface area contributed by atoms with E-state index in [1.807, 2.05) is 6.92 Å². The topological polar surface area (TPSA) is 76.5 Å². The molecule has 0 radical (unpaired) electrons. The van der Waals surface area contributed by atoms with E-state index in [9.17, 15) is 14.0 Å². The predicted octanol–water partition coefficient (Wildman–Crippen LogP) is 3.07. The van der Waals surface area contributed by atoms with Gasteiger partial charge in [0.2, 0.25) is 5.91 Å². The minimum Gasteiger partial charge on any atom is -0.495 e. The molecule has 1 aromatic heterocycles. The lowest BCUT2D eigenvalue weighted by molar-refractivity contribution is -0.116. The van der Waals surface area contributed by atoms with Crippen molar-refractivity contribution in [2.45, 2.75) is 26.4 Å². The van der Waals surface area contributed by atoms with Crippen molar-refractivity contribution in [2.75, 3.05) is 25.5 Å². The van der Waals surface area contributed by atoms with Crippen molar-refractivity contribution in [2.24, 2.45) is 0 Å². The van der Waals surface area contributed by atoms with Gasteiger partial charge in [0, 0.05) is 25.1 Å². The molecule has 0 bridgehead atoms. The van der Waals surface area contributed by atoms with E-state index in [1.165, 1.54) is 23.8 Å². The molecule has 2 heterocycles. The third kappa shape index (κ3) is 4.40. The van der Waals surface area contributed by atoms with Gasteiger partial charge in [-0.05, 0) is 42.9 Å². The van der Waals surface area contributed by atoms with Crippen LogP contribution in [0, 0.1) is 5.82 Å². The smallest absolute Gasteiger partial charge is 0.259 e. The zero-order valence-electron chi connectivity index (χ0n) is 18.1. The Morgan fingerprint density at radius 1 is 1.19 bits per heavy atom. The Morgan fingerprint density at radius 3 is 2.66 bits per heavy atom. The van der Waals surface area contributed by atoms with Crippen molar-refractivity contribution in [3.8, 4) is 17.1 Å². The summed E-state index contributed by atoms with van der Waals surface area (Å²) >= 11 is 0. The van der Waals surface area contributed by atoms with Crippen molar-refractivity contribution in [1.29, 1.82) is 0 Å². The van der Waals surface area contributed by atoms with Gasteiger partial charge in [0.25, 0.3) is 5.56 Å². The number of methoxy groups -OCH3 is 1. The summed E-state index contributed by atoms with van der Waals surface area (Å²) in [5.74, 6) is 0.112.